The molecule has 2 aromatic rings. The Morgan fingerprint density at radius 3 is 2.53 bits per heavy atom. The molecule has 3 rings (SSSR count). The average Bonchev–Trinajstić information content (AvgIpc) is 2.72. The van der Waals surface area contributed by atoms with Crippen molar-refractivity contribution in [1.29, 1.82) is 0 Å². The summed E-state index contributed by atoms with van der Waals surface area (Å²) in [5.41, 5.74) is -0.0413. The van der Waals surface area contributed by atoms with Crippen molar-refractivity contribution in [3.63, 3.8) is 0 Å². The van der Waals surface area contributed by atoms with Crippen molar-refractivity contribution in [3.8, 4) is 5.75 Å². The highest BCUT2D eigenvalue weighted by atomic mass is 32.2. The number of rotatable bonds is 5. The van der Waals surface area contributed by atoms with Gasteiger partial charge >= 0.3 is 6.09 Å². The molecule has 1 atom stereocenters. The van der Waals surface area contributed by atoms with Crippen LogP contribution in [0.1, 0.15) is 33.3 Å². The van der Waals surface area contributed by atoms with Crippen LogP contribution in [0.2, 0.25) is 0 Å². The third kappa shape index (κ3) is 5.96. The fraction of sp³-hybridized carbons (Fsp3) is 0.391. The lowest BCUT2D eigenvalue weighted by molar-refractivity contribution is -0.119. The van der Waals surface area contributed by atoms with E-state index in [-0.39, 0.29) is 40.9 Å². The molecule has 0 aromatic heterocycles. The molecule has 0 spiro atoms. The molecule has 0 fully saturated rings. The fourth-order valence-corrected chi connectivity index (χ4v) is 4.89. The Morgan fingerprint density at radius 1 is 1.21 bits per heavy atom. The van der Waals surface area contributed by atoms with Crippen LogP contribution in [0.4, 0.5) is 20.6 Å². The predicted octanol–water partition coefficient (Wildman–Crippen LogP) is 3.57. The van der Waals surface area contributed by atoms with Crippen LogP contribution in [0.25, 0.3) is 0 Å². The quantitative estimate of drug-likeness (QED) is 0.658. The number of fused-ring (bicyclic) bond motifs is 1. The lowest BCUT2D eigenvalue weighted by atomic mass is 10.2. The molecule has 1 aliphatic rings. The van der Waals surface area contributed by atoms with Gasteiger partial charge in [-0.05, 0) is 69.7 Å². The van der Waals surface area contributed by atoms with Crippen LogP contribution in [-0.2, 0) is 19.6 Å². The Balaban J connectivity index is 2.00. The van der Waals surface area contributed by atoms with Crippen LogP contribution in [0.3, 0.4) is 0 Å². The Kier molecular flexibility index (Phi) is 7.06. The lowest BCUT2D eigenvalue weighted by Crippen LogP contribution is -2.48. The van der Waals surface area contributed by atoms with Gasteiger partial charge in [0.2, 0.25) is 5.91 Å². The number of sulfonamides is 1. The van der Waals surface area contributed by atoms with Crippen molar-refractivity contribution < 1.29 is 31.9 Å². The van der Waals surface area contributed by atoms with Gasteiger partial charge in [-0.2, -0.15) is 0 Å². The van der Waals surface area contributed by atoms with E-state index in [1.54, 1.807) is 26.8 Å². The number of amides is 2. The van der Waals surface area contributed by atoms with E-state index in [1.807, 2.05) is 0 Å². The molecule has 2 amide bonds. The number of halogens is 1. The molecular formula is C23H28FN3O6S. The molecule has 0 saturated heterocycles. The molecule has 1 aliphatic heterocycles. The minimum atomic E-state index is -4.13. The van der Waals surface area contributed by atoms with Gasteiger partial charge in [0.05, 0.1) is 23.7 Å². The number of carbonyl (C=O) groups is 2. The zero-order chi connectivity index (χ0) is 25.3. The molecule has 11 heteroatoms. The first-order valence-electron chi connectivity index (χ1n) is 10.6. The first-order valence-corrected chi connectivity index (χ1v) is 12.0. The third-order valence-electron chi connectivity index (χ3n) is 4.83. The van der Waals surface area contributed by atoms with E-state index >= 15 is 0 Å². The summed E-state index contributed by atoms with van der Waals surface area (Å²) in [5.74, 6) is -0.553. The minimum Gasteiger partial charge on any atom is -0.484 e. The van der Waals surface area contributed by atoms with Gasteiger partial charge in [-0.3, -0.25) is 14.4 Å². The first-order chi connectivity index (χ1) is 15.8. The molecule has 1 unspecified atom stereocenters. The van der Waals surface area contributed by atoms with Gasteiger partial charge in [-0.15, -0.1) is 0 Å². The van der Waals surface area contributed by atoms with Crippen molar-refractivity contribution in [2.75, 3.05) is 22.7 Å². The van der Waals surface area contributed by atoms with Crippen LogP contribution in [0.5, 0.6) is 5.75 Å². The standard InChI is InChI=1S/C23H28FN3O6S/c1-14-10-18(7-8-19(14)24)34(30,31)27-13-17(12-25-15(2)28)32-21-9-6-16(11-20(21)27)26-22(29)33-23(3,4)5/h6-11,17H,12-13H2,1-5H3,(H,25,28)(H,26,29). The van der Waals surface area contributed by atoms with E-state index in [0.717, 1.165) is 10.4 Å². The van der Waals surface area contributed by atoms with Gasteiger partial charge in [0.25, 0.3) is 10.0 Å². The highest BCUT2D eigenvalue weighted by molar-refractivity contribution is 7.92. The summed E-state index contributed by atoms with van der Waals surface area (Å²) in [6.07, 6.45) is -1.37. The highest BCUT2D eigenvalue weighted by Gasteiger charge is 2.35. The van der Waals surface area contributed by atoms with Gasteiger partial charge in [-0.1, -0.05) is 0 Å². The smallest absolute Gasteiger partial charge is 0.412 e. The summed E-state index contributed by atoms with van der Waals surface area (Å²) in [5, 5.41) is 5.21. The van der Waals surface area contributed by atoms with E-state index in [1.165, 1.54) is 38.1 Å². The van der Waals surface area contributed by atoms with Crippen LogP contribution in [0, 0.1) is 12.7 Å². The fourth-order valence-electron chi connectivity index (χ4n) is 3.31. The average molecular weight is 494 g/mol. The molecule has 0 saturated carbocycles. The van der Waals surface area contributed by atoms with Crippen molar-refractivity contribution >= 4 is 33.4 Å². The number of hydrogen-bond acceptors (Lipinski definition) is 6. The molecule has 1 heterocycles. The number of aryl methyl sites for hydroxylation is 1. The zero-order valence-corrected chi connectivity index (χ0v) is 20.5. The zero-order valence-electron chi connectivity index (χ0n) is 19.6. The maximum Gasteiger partial charge on any atom is 0.412 e. The summed E-state index contributed by atoms with van der Waals surface area (Å²) in [7, 11) is -4.13. The molecule has 0 radical (unpaired) electrons. The number of anilines is 2. The van der Waals surface area contributed by atoms with Crippen LogP contribution >= 0.6 is 0 Å². The monoisotopic (exact) mass is 493 g/mol. The van der Waals surface area contributed by atoms with E-state index in [9.17, 15) is 22.4 Å². The normalized spacial score (nSPS) is 15.7. The van der Waals surface area contributed by atoms with Gasteiger partial charge in [0.15, 0.2) is 0 Å². The van der Waals surface area contributed by atoms with Crippen molar-refractivity contribution in [1.82, 2.24) is 5.32 Å². The summed E-state index contributed by atoms with van der Waals surface area (Å²) in [6.45, 7) is 7.97. The highest BCUT2D eigenvalue weighted by Crippen LogP contribution is 2.39. The molecule has 184 valence electrons. The number of nitrogens with one attached hydrogen (secondary N) is 2. The third-order valence-corrected chi connectivity index (χ3v) is 6.61. The van der Waals surface area contributed by atoms with E-state index in [4.69, 9.17) is 9.47 Å². The van der Waals surface area contributed by atoms with Gasteiger partial charge in [0, 0.05) is 12.6 Å². The molecule has 34 heavy (non-hydrogen) atoms. The Bertz CT molecular complexity index is 1210. The topological polar surface area (TPSA) is 114 Å². The molecule has 0 bridgehead atoms. The van der Waals surface area contributed by atoms with Crippen LogP contribution in [-0.4, -0.2) is 45.2 Å². The van der Waals surface area contributed by atoms with E-state index in [0.29, 0.717) is 5.69 Å². The molecule has 2 aromatic carbocycles. The van der Waals surface area contributed by atoms with Crippen molar-refractivity contribution in [3.05, 3.63) is 47.8 Å². The lowest BCUT2D eigenvalue weighted by Gasteiger charge is -2.36. The summed E-state index contributed by atoms with van der Waals surface area (Å²) in [4.78, 5) is 23.5. The summed E-state index contributed by atoms with van der Waals surface area (Å²) >= 11 is 0. The van der Waals surface area contributed by atoms with Crippen molar-refractivity contribution in [2.24, 2.45) is 0 Å². The number of hydrogen-bond donors (Lipinski definition) is 2. The molecule has 0 aliphatic carbocycles. The number of carbonyl (C=O) groups excluding carboxylic acids is 2. The Labute approximate surface area is 198 Å². The minimum absolute atomic E-state index is 0.0845. The van der Waals surface area contributed by atoms with Gasteiger partial charge < -0.3 is 14.8 Å². The van der Waals surface area contributed by atoms with Gasteiger partial charge in [-0.25, -0.2) is 17.6 Å². The number of ether oxygens (including phenoxy) is 2. The Hall–Kier alpha value is -3.34. The number of benzene rings is 2. The van der Waals surface area contributed by atoms with Crippen LogP contribution < -0.4 is 19.7 Å². The molecular weight excluding hydrogens is 465 g/mol. The van der Waals surface area contributed by atoms with E-state index in [2.05, 4.69) is 10.6 Å². The molecule has 9 nitrogen and oxygen atoms in total. The summed E-state index contributed by atoms with van der Waals surface area (Å²) < 4.78 is 53.2. The SMILES string of the molecule is CC(=O)NCC1CN(S(=O)(=O)c2ccc(F)c(C)c2)c2cc(NC(=O)OC(C)(C)C)ccc2O1. The largest absolute Gasteiger partial charge is 0.484 e. The van der Waals surface area contributed by atoms with E-state index < -0.39 is 33.6 Å². The van der Waals surface area contributed by atoms with Crippen LogP contribution in [0.15, 0.2) is 41.3 Å². The number of nitrogens with zero attached hydrogens (tertiary/aromatic N) is 1. The maximum atomic E-state index is 13.8. The first kappa shape index (κ1) is 25.3. The second-order valence-electron chi connectivity index (χ2n) is 8.93. The summed E-state index contributed by atoms with van der Waals surface area (Å²) in [6, 6.07) is 8.08. The molecule has 2 N–H and O–H groups in total. The Morgan fingerprint density at radius 2 is 1.91 bits per heavy atom. The second-order valence-corrected chi connectivity index (χ2v) is 10.8. The maximum absolute atomic E-state index is 13.8. The second kappa shape index (κ2) is 9.49. The predicted molar refractivity (Wildman–Crippen MR) is 125 cm³/mol. The van der Waals surface area contributed by atoms with Gasteiger partial charge in [0.1, 0.15) is 23.3 Å². The van der Waals surface area contributed by atoms with Crippen molar-refractivity contribution in [2.45, 2.75) is 51.2 Å².